The van der Waals surface area contributed by atoms with E-state index in [-0.39, 0.29) is 17.1 Å². The summed E-state index contributed by atoms with van der Waals surface area (Å²) < 4.78 is 3.17. The fourth-order valence-corrected chi connectivity index (χ4v) is 3.17. The summed E-state index contributed by atoms with van der Waals surface area (Å²) >= 11 is 1.62. The van der Waals surface area contributed by atoms with Crippen LogP contribution in [0.25, 0.3) is 11.3 Å². The lowest BCUT2D eigenvalue weighted by Crippen LogP contribution is -2.39. The van der Waals surface area contributed by atoms with E-state index >= 15 is 0 Å². The lowest BCUT2D eigenvalue weighted by molar-refractivity contribution is -0.124. The Morgan fingerprint density at radius 3 is 2.96 bits per heavy atom. The second kappa shape index (κ2) is 7.67. The maximum absolute atomic E-state index is 12.4. The van der Waals surface area contributed by atoms with Crippen molar-refractivity contribution in [3.8, 4) is 17.3 Å². The van der Waals surface area contributed by atoms with E-state index in [0.29, 0.717) is 13.1 Å². The zero-order chi connectivity index (χ0) is 19.4. The lowest BCUT2D eigenvalue weighted by atomic mass is 9.93. The minimum Gasteiger partial charge on any atom is -0.354 e. The highest BCUT2D eigenvalue weighted by Crippen LogP contribution is 2.21. The first-order chi connectivity index (χ1) is 12.9. The standard InChI is InChI=1S/C17H20N8OS/c1-12(25-11-20-15(6-18)22-25)16(26)19-9-17(2,3)10-24-7-14(21-23-24)13-4-5-27-8-13/h4-5,7-8,11-12H,9-10H2,1-3H3,(H,19,26). The van der Waals surface area contributed by atoms with Crippen LogP contribution in [-0.4, -0.2) is 42.2 Å². The van der Waals surface area contributed by atoms with Gasteiger partial charge in [0.1, 0.15) is 24.1 Å². The smallest absolute Gasteiger partial charge is 0.252 e. The van der Waals surface area contributed by atoms with Crippen LogP contribution in [0.1, 0.15) is 32.6 Å². The van der Waals surface area contributed by atoms with Crippen molar-refractivity contribution in [1.82, 2.24) is 35.1 Å². The zero-order valence-corrected chi connectivity index (χ0v) is 16.1. The van der Waals surface area contributed by atoms with Crippen molar-refractivity contribution in [3.63, 3.8) is 0 Å². The molecule has 0 bridgehead atoms. The molecule has 27 heavy (non-hydrogen) atoms. The number of carbonyl (C=O) groups excluding carboxylic acids is 1. The molecule has 3 aromatic heterocycles. The summed E-state index contributed by atoms with van der Waals surface area (Å²) in [5.74, 6) is -0.141. The van der Waals surface area contributed by atoms with E-state index < -0.39 is 6.04 Å². The van der Waals surface area contributed by atoms with Gasteiger partial charge in [-0.3, -0.25) is 9.48 Å². The summed E-state index contributed by atoms with van der Waals surface area (Å²) in [4.78, 5) is 16.2. The molecule has 0 spiro atoms. The molecule has 10 heteroatoms. The van der Waals surface area contributed by atoms with Crippen molar-refractivity contribution in [2.75, 3.05) is 6.54 Å². The molecule has 1 unspecified atom stereocenters. The van der Waals surface area contributed by atoms with Gasteiger partial charge in [0, 0.05) is 29.4 Å². The number of thiophene rings is 1. The first-order valence-electron chi connectivity index (χ1n) is 8.40. The van der Waals surface area contributed by atoms with Crippen LogP contribution in [0.5, 0.6) is 0 Å². The SMILES string of the molecule is CC(C(=O)NCC(C)(C)Cn1cc(-c2ccsc2)nn1)n1cnc(C#N)n1. The van der Waals surface area contributed by atoms with Gasteiger partial charge in [0.25, 0.3) is 5.82 Å². The first-order valence-corrected chi connectivity index (χ1v) is 9.34. The van der Waals surface area contributed by atoms with Gasteiger partial charge in [-0.15, -0.1) is 10.2 Å². The van der Waals surface area contributed by atoms with Gasteiger partial charge in [-0.25, -0.2) is 9.67 Å². The molecule has 0 radical (unpaired) electrons. The molecule has 0 saturated heterocycles. The molecule has 1 atom stereocenters. The van der Waals surface area contributed by atoms with Crippen molar-refractivity contribution in [2.45, 2.75) is 33.4 Å². The lowest BCUT2D eigenvalue weighted by Gasteiger charge is -2.25. The molecule has 9 nitrogen and oxygen atoms in total. The largest absolute Gasteiger partial charge is 0.354 e. The minimum absolute atomic E-state index is 0.0441. The number of nitrogens with zero attached hydrogens (tertiary/aromatic N) is 7. The number of nitrogens with one attached hydrogen (secondary N) is 1. The molecule has 0 aromatic carbocycles. The van der Waals surface area contributed by atoms with Gasteiger partial charge in [0.05, 0.1) is 6.20 Å². The molecule has 0 aliphatic carbocycles. The topological polar surface area (TPSA) is 114 Å². The summed E-state index contributed by atoms with van der Waals surface area (Å²) in [6, 6.07) is 3.31. The summed E-state index contributed by atoms with van der Waals surface area (Å²) in [6.45, 7) is 6.88. The van der Waals surface area contributed by atoms with E-state index in [1.165, 1.54) is 11.0 Å². The second-order valence-electron chi connectivity index (χ2n) is 7.03. The molecule has 0 aliphatic heterocycles. The highest BCUT2D eigenvalue weighted by Gasteiger charge is 2.23. The van der Waals surface area contributed by atoms with Crippen molar-refractivity contribution in [1.29, 1.82) is 5.26 Å². The Balaban J connectivity index is 1.56. The minimum atomic E-state index is -0.549. The quantitative estimate of drug-likeness (QED) is 0.665. The van der Waals surface area contributed by atoms with Crippen LogP contribution in [0, 0.1) is 16.7 Å². The first kappa shape index (κ1) is 18.7. The maximum Gasteiger partial charge on any atom is 0.252 e. The van der Waals surface area contributed by atoms with Crippen LogP contribution >= 0.6 is 11.3 Å². The average molecular weight is 384 g/mol. The predicted molar refractivity (Wildman–Crippen MR) is 99.6 cm³/mol. The van der Waals surface area contributed by atoms with E-state index in [4.69, 9.17) is 5.26 Å². The maximum atomic E-state index is 12.4. The van der Waals surface area contributed by atoms with Crippen LogP contribution in [0.4, 0.5) is 0 Å². The van der Waals surface area contributed by atoms with Crippen LogP contribution in [0.2, 0.25) is 0 Å². The van der Waals surface area contributed by atoms with E-state index in [1.807, 2.05) is 42.9 Å². The number of amides is 1. The number of nitriles is 1. The van der Waals surface area contributed by atoms with Crippen molar-refractivity contribution < 1.29 is 4.79 Å². The Kier molecular flexibility index (Phi) is 5.32. The molecule has 0 aliphatic rings. The summed E-state index contributed by atoms with van der Waals surface area (Å²) in [5, 5.41) is 28.1. The molecule has 1 amide bonds. The fraction of sp³-hybridized carbons (Fsp3) is 0.412. The van der Waals surface area contributed by atoms with Crippen LogP contribution in [-0.2, 0) is 11.3 Å². The van der Waals surface area contributed by atoms with Gasteiger partial charge in [-0.1, -0.05) is 19.1 Å². The van der Waals surface area contributed by atoms with Crippen LogP contribution < -0.4 is 5.32 Å². The third-order valence-corrected chi connectivity index (χ3v) is 4.75. The van der Waals surface area contributed by atoms with Crippen molar-refractivity contribution >= 4 is 17.2 Å². The predicted octanol–water partition coefficient (Wildman–Crippen LogP) is 1.87. The van der Waals surface area contributed by atoms with Gasteiger partial charge in [0.15, 0.2) is 0 Å². The Labute approximate surface area is 160 Å². The van der Waals surface area contributed by atoms with Gasteiger partial charge in [-0.05, 0) is 18.4 Å². The average Bonchev–Trinajstić information content (AvgIpc) is 3.38. The third-order valence-electron chi connectivity index (χ3n) is 4.07. The van der Waals surface area contributed by atoms with Crippen LogP contribution in [0.3, 0.4) is 0 Å². The summed E-state index contributed by atoms with van der Waals surface area (Å²) in [7, 11) is 0. The molecule has 1 N–H and O–H groups in total. The van der Waals surface area contributed by atoms with Gasteiger partial charge in [-0.2, -0.15) is 16.6 Å². The molecular weight excluding hydrogens is 364 g/mol. The Hall–Kier alpha value is -3.06. The number of aromatic nitrogens is 6. The van der Waals surface area contributed by atoms with Gasteiger partial charge >= 0.3 is 0 Å². The molecule has 3 rings (SSSR count). The third kappa shape index (κ3) is 4.57. The van der Waals surface area contributed by atoms with Crippen LogP contribution in [0.15, 0.2) is 29.4 Å². The summed E-state index contributed by atoms with van der Waals surface area (Å²) in [6.07, 6.45) is 3.29. The molecule has 0 fully saturated rings. The molecule has 140 valence electrons. The van der Waals surface area contributed by atoms with Crippen molar-refractivity contribution in [3.05, 3.63) is 35.2 Å². The molecule has 0 saturated carbocycles. The van der Waals surface area contributed by atoms with E-state index in [0.717, 1.165) is 11.3 Å². The number of rotatable bonds is 7. The van der Waals surface area contributed by atoms with Crippen molar-refractivity contribution in [2.24, 2.45) is 5.41 Å². The molecule has 3 heterocycles. The normalized spacial score (nSPS) is 12.5. The Bertz CT molecular complexity index is 950. The monoisotopic (exact) mass is 384 g/mol. The second-order valence-corrected chi connectivity index (χ2v) is 7.81. The number of hydrogen-bond donors (Lipinski definition) is 1. The van der Waals surface area contributed by atoms with E-state index in [2.05, 4.69) is 25.7 Å². The van der Waals surface area contributed by atoms with Gasteiger partial charge in [0.2, 0.25) is 5.91 Å². The molecule has 3 aromatic rings. The highest BCUT2D eigenvalue weighted by atomic mass is 32.1. The summed E-state index contributed by atoms with van der Waals surface area (Å²) in [5.41, 5.74) is 1.66. The Morgan fingerprint density at radius 2 is 2.30 bits per heavy atom. The number of hydrogen-bond acceptors (Lipinski definition) is 7. The van der Waals surface area contributed by atoms with E-state index in [1.54, 1.807) is 22.9 Å². The zero-order valence-electron chi connectivity index (χ0n) is 15.3. The van der Waals surface area contributed by atoms with E-state index in [9.17, 15) is 4.79 Å². The van der Waals surface area contributed by atoms with Gasteiger partial charge < -0.3 is 5.32 Å². The molecular formula is C17H20N8OS. The fourth-order valence-electron chi connectivity index (χ4n) is 2.52. The highest BCUT2D eigenvalue weighted by molar-refractivity contribution is 7.08. The number of carbonyl (C=O) groups is 1. The Morgan fingerprint density at radius 1 is 1.48 bits per heavy atom.